The second-order valence-electron chi connectivity index (χ2n) is 2.45. The number of hydrogen-bond acceptors (Lipinski definition) is 2. The van der Waals surface area contributed by atoms with Crippen LogP contribution in [0.25, 0.3) is 10.8 Å². The highest BCUT2D eigenvalue weighted by Gasteiger charge is 1.99. The Balaban J connectivity index is 2.88. The topological polar surface area (TPSA) is 30.0 Å². The summed E-state index contributed by atoms with van der Waals surface area (Å²) < 4.78 is 10.7. The zero-order valence-electron chi connectivity index (χ0n) is 6.27. The highest BCUT2D eigenvalue weighted by molar-refractivity contribution is 7.34. The molecule has 0 aliphatic rings. The molecule has 1 heterocycles. The molecule has 0 aliphatic heterocycles. The minimum absolute atomic E-state index is 0.0200. The van der Waals surface area contributed by atoms with Crippen molar-refractivity contribution in [2.24, 2.45) is 0 Å². The molecule has 0 unspecified atom stereocenters. The Hall–Kier alpha value is -1.27. The van der Waals surface area contributed by atoms with Crippen LogP contribution in [0, 0.1) is 0 Å². The summed E-state index contributed by atoms with van der Waals surface area (Å²) in [7, 11) is -0.0200. The van der Waals surface area contributed by atoms with Crippen LogP contribution in [0.1, 0.15) is 0 Å². The van der Waals surface area contributed by atoms with E-state index in [1.165, 1.54) is 0 Å². The SMILES string of the molecule is O=Pc1nccc2ccccc12. The van der Waals surface area contributed by atoms with Crippen molar-refractivity contribution >= 4 is 24.7 Å². The van der Waals surface area contributed by atoms with Crippen molar-refractivity contribution in [2.75, 3.05) is 0 Å². The Kier molecular flexibility index (Phi) is 1.84. The van der Waals surface area contributed by atoms with Gasteiger partial charge in [-0.2, -0.15) is 0 Å². The van der Waals surface area contributed by atoms with E-state index in [-0.39, 0.29) is 8.46 Å². The Morgan fingerprint density at radius 3 is 2.83 bits per heavy atom. The summed E-state index contributed by atoms with van der Waals surface area (Å²) in [5, 5.41) is 2.03. The first kappa shape index (κ1) is 7.38. The zero-order chi connectivity index (χ0) is 8.39. The van der Waals surface area contributed by atoms with Gasteiger partial charge in [0.1, 0.15) is 5.44 Å². The Labute approximate surface area is 71.5 Å². The van der Waals surface area contributed by atoms with Gasteiger partial charge in [-0.15, -0.1) is 0 Å². The molecule has 0 N–H and O–H groups in total. The van der Waals surface area contributed by atoms with E-state index in [9.17, 15) is 4.57 Å². The van der Waals surface area contributed by atoms with Gasteiger partial charge in [0.15, 0.2) is 0 Å². The number of nitrogens with zero attached hydrogens (tertiary/aromatic N) is 1. The van der Waals surface area contributed by atoms with Crippen molar-refractivity contribution < 1.29 is 4.57 Å². The third kappa shape index (κ3) is 1.10. The fourth-order valence-electron chi connectivity index (χ4n) is 1.18. The maximum Gasteiger partial charge on any atom is 0.213 e. The third-order valence-corrected chi connectivity index (χ3v) is 2.27. The van der Waals surface area contributed by atoms with Gasteiger partial charge in [-0.1, -0.05) is 24.3 Å². The fourth-order valence-corrected chi connectivity index (χ4v) is 1.59. The quantitative estimate of drug-likeness (QED) is 0.621. The number of rotatable bonds is 1. The molecular weight excluding hydrogens is 169 g/mol. The standard InChI is InChI=1S/C9H6NOP/c11-12-9-8-4-2-1-3-7(8)5-6-10-9/h1-6H. The third-order valence-electron chi connectivity index (χ3n) is 1.74. The predicted octanol–water partition coefficient (Wildman–Crippen LogP) is 2.15. The van der Waals surface area contributed by atoms with Gasteiger partial charge >= 0.3 is 0 Å². The first-order valence-electron chi connectivity index (χ1n) is 3.59. The average molecular weight is 175 g/mol. The van der Waals surface area contributed by atoms with Gasteiger partial charge in [-0.3, -0.25) is 4.57 Å². The molecule has 0 bridgehead atoms. The van der Waals surface area contributed by atoms with Gasteiger partial charge in [-0.05, 0) is 11.5 Å². The lowest BCUT2D eigenvalue weighted by Gasteiger charge is -1.96. The molecule has 0 fully saturated rings. The van der Waals surface area contributed by atoms with E-state index in [1.54, 1.807) is 6.20 Å². The number of hydrogen-bond donors (Lipinski definition) is 0. The van der Waals surface area contributed by atoms with Crippen LogP contribution >= 0.6 is 8.46 Å². The van der Waals surface area contributed by atoms with E-state index < -0.39 is 0 Å². The van der Waals surface area contributed by atoms with E-state index in [4.69, 9.17) is 0 Å². The first-order valence-corrected chi connectivity index (χ1v) is 4.40. The highest BCUT2D eigenvalue weighted by atomic mass is 31.1. The van der Waals surface area contributed by atoms with E-state index in [0.29, 0.717) is 5.44 Å². The molecule has 12 heavy (non-hydrogen) atoms. The molecule has 2 nitrogen and oxygen atoms in total. The highest BCUT2D eigenvalue weighted by Crippen LogP contribution is 2.12. The van der Waals surface area contributed by atoms with Crippen molar-refractivity contribution in [3.05, 3.63) is 36.5 Å². The van der Waals surface area contributed by atoms with Crippen LogP contribution < -0.4 is 5.44 Å². The summed E-state index contributed by atoms with van der Waals surface area (Å²) in [5.41, 5.74) is 0.605. The fraction of sp³-hybridized carbons (Fsp3) is 0. The smallest absolute Gasteiger partial charge is 0.213 e. The van der Waals surface area contributed by atoms with E-state index >= 15 is 0 Å². The molecule has 3 heteroatoms. The predicted molar refractivity (Wildman–Crippen MR) is 49.0 cm³/mol. The van der Waals surface area contributed by atoms with E-state index in [1.807, 2.05) is 30.3 Å². The van der Waals surface area contributed by atoms with Crippen LogP contribution in [0.15, 0.2) is 36.5 Å². The Morgan fingerprint density at radius 1 is 1.17 bits per heavy atom. The monoisotopic (exact) mass is 175 g/mol. The molecule has 0 saturated carbocycles. The van der Waals surface area contributed by atoms with Gasteiger partial charge in [0, 0.05) is 11.6 Å². The van der Waals surface area contributed by atoms with Crippen molar-refractivity contribution in [3.8, 4) is 0 Å². The lowest BCUT2D eigenvalue weighted by Crippen LogP contribution is -1.98. The van der Waals surface area contributed by atoms with Crippen molar-refractivity contribution in [2.45, 2.75) is 0 Å². The van der Waals surface area contributed by atoms with Gasteiger partial charge in [0.25, 0.3) is 0 Å². The summed E-state index contributed by atoms with van der Waals surface area (Å²) in [6.07, 6.45) is 1.67. The lowest BCUT2D eigenvalue weighted by molar-refractivity contribution is 0.603. The first-order chi connectivity index (χ1) is 5.92. The Bertz CT molecular complexity index is 422. The summed E-state index contributed by atoms with van der Waals surface area (Å²) in [6, 6.07) is 9.67. The normalized spacial score (nSPS) is 10.7. The molecule has 0 spiro atoms. The second kappa shape index (κ2) is 3.00. The Morgan fingerprint density at radius 2 is 2.00 bits per heavy atom. The molecule has 0 amide bonds. The summed E-state index contributed by atoms with van der Waals surface area (Å²) in [4.78, 5) is 4.00. The number of pyridine rings is 1. The van der Waals surface area contributed by atoms with Crippen molar-refractivity contribution in [1.29, 1.82) is 0 Å². The van der Waals surface area contributed by atoms with Crippen LogP contribution in [0.5, 0.6) is 0 Å². The van der Waals surface area contributed by atoms with Crippen LogP contribution in [0.2, 0.25) is 0 Å². The van der Waals surface area contributed by atoms with Gasteiger partial charge in [0.2, 0.25) is 8.46 Å². The van der Waals surface area contributed by atoms with Crippen molar-refractivity contribution in [1.82, 2.24) is 4.98 Å². The van der Waals surface area contributed by atoms with E-state index in [0.717, 1.165) is 10.8 Å². The number of benzene rings is 1. The summed E-state index contributed by atoms with van der Waals surface area (Å²) in [6.45, 7) is 0. The molecule has 58 valence electrons. The maximum absolute atomic E-state index is 10.7. The van der Waals surface area contributed by atoms with Gasteiger partial charge in [-0.25, -0.2) is 4.98 Å². The van der Waals surface area contributed by atoms with Gasteiger partial charge < -0.3 is 0 Å². The van der Waals surface area contributed by atoms with Crippen LogP contribution in [0.3, 0.4) is 0 Å². The molecule has 2 rings (SSSR count). The molecule has 1 aromatic heterocycles. The summed E-state index contributed by atoms with van der Waals surface area (Å²) in [5.74, 6) is 0. The lowest BCUT2D eigenvalue weighted by atomic mass is 10.2. The molecular formula is C9H6NOP. The van der Waals surface area contributed by atoms with Gasteiger partial charge in [0.05, 0.1) is 0 Å². The average Bonchev–Trinajstić information content (AvgIpc) is 2.17. The minimum Gasteiger partial charge on any atom is -0.268 e. The molecule has 2 aromatic rings. The molecule has 1 aromatic carbocycles. The van der Waals surface area contributed by atoms with Crippen LogP contribution in [-0.2, 0) is 4.57 Å². The molecule has 0 aliphatic carbocycles. The minimum atomic E-state index is -0.0200. The number of aromatic nitrogens is 1. The largest absolute Gasteiger partial charge is 0.268 e. The number of fused-ring (bicyclic) bond motifs is 1. The van der Waals surface area contributed by atoms with Crippen molar-refractivity contribution in [3.63, 3.8) is 0 Å². The zero-order valence-corrected chi connectivity index (χ0v) is 7.16. The molecule has 0 saturated heterocycles. The van der Waals surface area contributed by atoms with Crippen LogP contribution in [-0.4, -0.2) is 4.98 Å². The summed E-state index contributed by atoms with van der Waals surface area (Å²) >= 11 is 0. The second-order valence-corrected chi connectivity index (χ2v) is 3.05. The molecule has 0 atom stereocenters. The molecule has 0 radical (unpaired) electrons. The van der Waals surface area contributed by atoms with Crippen LogP contribution in [0.4, 0.5) is 0 Å². The van der Waals surface area contributed by atoms with E-state index in [2.05, 4.69) is 4.98 Å². The maximum atomic E-state index is 10.7.